The minimum absolute atomic E-state index is 0.217. The molecular formula is C22H21NOS. The highest BCUT2D eigenvalue weighted by Gasteiger charge is 2.35. The van der Waals surface area contributed by atoms with Crippen LogP contribution in [0.2, 0.25) is 0 Å². The van der Waals surface area contributed by atoms with Crippen LogP contribution >= 0.6 is 11.3 Å². The van der Waals surface area contributed by atoms with E-state index in [0.717, 1.165) is 52.9 Å². The summed E-state index contributed by atoms with van der Waals surface area (Å²) in [6.45, 7) is 2.01. The standard InChI is InChI=1S/C22H21NOS/c1-13-18(21(24)15-11-12-15)19(14-7-3-2-4-8-14)20-16-9-5-6-10-17(16)25-22(20)23-13/h2-4,7-8,15H,5-6,9-12H2,1H3. The average molecular weight is 347 g/mol. The molecule has 3 aromatic rings. The van der Waals surface area contributed by atoms with E-state index in [0.29, 0.717) is 5.78 Å². The number of ketones is 1. The lowest BCUT2D eigenvalue weighted by molar-refractivity contribution is 0.0967. The highest BCUT2D eigenvalue weighted by atomic mass is 32.1. The Balaban J connectivity index is 1.88. The first-order valence-corrected chi connectivity index (χ1v) is 10.1. The predicted octanol–water partition coefficient (Wildman–Crippen LogP) is 5.74. The number of rotatable bonds is 3. The van der Waals surface area contributed by atoms with Gasteiger partial charge in [-0.3, -0.25) is 4.79 Å². The second-order valence-electron chi connectivity index (χ2n) is 7.34. The van der Waals surface area contributed by atoms with Gasteiger partial charge in [0.05, 0.1) is 5.69 Å². The number of thiophene rings is 1. The number of carbonyl (C=O) groups excluding carboxylic acids is 1. The summed E-state index contributed by atoms with van der Waals surface area (Å²) >= 11 is 1.84. The molecule has 25 heavy (non-hydrogen) atoms. The zero-order valence-electron chi connectivity index (χ0n) is 14.5. The Kier molecular flexibility index (Phi) is 3.53. The number of nitrogens with zero attached hydrogens (tertiary/aromatic N) is 1. The van der Waals surface area contributed by atoms with E-state index in [4.69, 9.17) is 4.98 Å². The van der Waals surface area contributed by atoms with Gasteiger partial charge in [-0.15, -0.1) is 11.3 Å². The van der Waals surface area contributed by atoms with E-state index >= 15 is 0 Å². The number of aryl methyl sites for hydroxylation is 3. The second kappa shape index (κ2) is 5.77. The molecule has 0 spiro atoms. The molecule has 2 nitrogen and oxygen atoms in total. The molecule has 0 atom stereocenters. The third kappa shape index (κ3) is 2.44. The maximum atomic E-state index is 13.1. The van der Waals surface area contributed by atoms with E-state index in [2.05, 4.69) is 24.3 Å². The lowest BCUT2D eigenvalue weighted by atomic mass is 9.88. The van der Waals surface area contributed by atoms with Crippen LogP contribution in [0.5, 0.6) is 0 Å². The maximum absolute atomic E-state index is 13.1. The Morgan fingerprint density at radius 2 is 1.88 bits per heavy atom. The second-order valence-corrected chi connectivity index (χ2v) is 8.43. The van der Waals surface area contributed by atoms with E-state index < -0.39 is 0 Å². The van der Waals surface area contributed by atoms with Crippen molar-refractivity contribution >= 4 is 27.3 Å². The largest absolute Gasteiger partial charge is 0.294 e. The van der Waals surface area contributed by atoms with Crippen LogP contribution in [0.15, 0.2) is 30.3 Å². The van der Waals surface area contributed by atoms with Crippen LogP contribution in [0.4, 0.5) is 0 Å². The van der Waals surface area contributed by atoms with E-state index in [9.17, 15) is 4.79 Å². The Hall–Kier alpha value is -2.00. The number of pyridine rings is 1. The molecule has 1 aromatic carbocycles. The van der Waals surface area contributed by atoms with Crippen molar-refractivity contribution in [3.05, 3.63) is 52.0 Å². The number of hydrogen-bond donors (Lipinski definition) is 0. The van der Waals surface area contributed by atoms with Crippen LogP contribution in [0.3, 0.4) is 0 Å². The zero-order valence-corrected chi connectivity index (χ0v) is 15.3. The average Bonchev–Trinajstić information content (AvgIpc) is 3.42. The number of carbonyl (C=O) groups is 1. The van der Waals surface area contributed by atoms with Gasteiger partial charge in [-0.25, -0.2) is 4.98 Å². The number of aromatic nitrogens is 1. The molecule has 0 amide bonds. The summed E-state index contributed by atoms with van der Waals surface area (Å²) in [4.78, 5) is 20.6. The minimum atomic E-state index is 0.217. The topological polar surface area (TPSA) is 30.0 Å². The fourth-order valence-electron chi connectivity index (χ4n) is 4.15. The Bertz CT molecular complexity index is 982. The normalized spacial score (nSPS) is 16.8. The molecule has 3 heteroatoms. The quantitative estimate of drug-likeness (QED) is 0.565. The van der Waals surface area contributed by atoms with E-state index in [1.807, 2.05) is 24.3 Å². The highest BCUT2D eigenvalue weighted by molar-refractivity contribution is 7.19. The van der Waals surface area contributed by atoms with Crippen LogP contribution in [-0.4, -0.2) is 10.8 Å². The van der Waals surface area contributed by atoms with Crippen LogP contribution in [0, 0.1) is 12.8 Å². The molecule has 2 aliphatic rings. The van der Waals surface area contributed by atoms with Gasteiger partial charge in [0.25, 0.3) is 0 Å². The van der Waals surface area contributed by atoms with Crippen LogP contribution in [0.25, 0.3) is 21.3 Å². The van der Waals surface area contributed by atoms with Crippen molar-refractivity contribution in [3.8, 4) is 11.1 Å². The third-order valence-electron chi connectivity index (χ3n) is 5.54. The molecule has 0 N–H and O–H groups in total. The number of fused-ring (bicyclic) bond motifs is 3. The molecule has 1 saturated carbocycles. The summed E-state index contributed by atoms with van der Waals surface area (Å²) in [5.41, 5.74) is 5.56. The smallest absolute Gasteiger partial charge is 0.168 e. The molecule has 0 unspecified atom stereocenters. The molecule has 1 fully saturated rings. The Morgan fingerprint density at radius 3 is 2.64 bits per heavy atom. The summed E-state index contributed by atoms with van der Waals surface area (Å²) in [5.74, 6) is 0.524. The fourth-order valence-corrected chi connectivity index (χ4v) is 5.46. The van der Waals surface area contributed by atoms with Gasteiger partial charge in [-0.1, -0.05) is 30.3 Å². The third-order valence-corrected chi connectivity index (χ3v) is 6.73. The molecule has 2 aromatic heterocycles. The van der Waals surface area contributed by atoms with E-state index in [-0.39, 0.29) is 5.92 Å². The summed E-state index contributed by atoms with van der Waals surface area (Å²) in [7, 11) is 0. The first kappa shape index (κ1) is 15.3. The molecule has 5 rings (SSSR count). The van der Waals surface area contributed by atoms with Crippen LogP contribution in [-0.2, 0) is 12.8 Å². The number of hydrogen-bond acceptors (Lipinski definition) is 3. The molecule has 0 saturated heterocycles. The summed E-state index contributed by atoms with van der Waals surface area (Å²) < 4.78 is 0. The molecule has 126 valence electrons. The molecule has 0 aliphatic heterocycles. The molecular weight excluding hydrogens is 326 g/mol. The molecule has 0 bridgehead atoms. The zero-order chi connectivity index (χ0) is 17.0. The van der Waals surface area contributed by atoms with Gasteiger partial charge in [-0.2, -0.15) is 0 Å². The van der Waals surface area contributed by atoms with Crippen molar-refractivity contribution in [3.63, 3.8) is 0 Å². The van der Waals surface area contributed by atoms with Gasteiger partial charge >= 0.3 is 0 Å². The Morgan fingerprint density at radius 1 is 1.12 bits per heavy atom. The summed E-state index contributed by atoms with van der Waals surface area (Å²) in [5, 5.41) is 1.26. The fraction of sp³-hybridized carbons (Fsp3) is 0.364. The minimum Gasteiger partial charge on any atom is -0.294 e. The van der Waals surface area contributed by atoms with Crippen molar-refractivity contribution < 1.29 is 4.79 Å². The van der Waals surface area contributed by atoms with Crippen LogP contribution < -0.4 is 0 Å². The van der Waals surface area contributed by atoms with Gasteiger partial charge in [0.1, 0.15) is 4.83 Å². The van der Waals surface area contributed by atoms with E-state index in [1.165, 1.54) is 28.7 Å². The van der Waals surface area contributed by atoms with Gasteiger partial charge < -0.3 is 0 Å². The first-order chi connectivity index (χ1) is 12.2. The SMILES string of the molecule is Cc1nc2sc3c(c2c(-c2ccccc2)c1C(=O)C1CC1)CCCC3. The predicted molar refractivity (Wildman–Crippen MR) is 103 cm³/mol. The van der Waals surface area contributed by atoms with Gasteiger partial charge in [0.2, 0.25) is 0 Å². The maximum Gasteiger partial charge on any atom is 0.168 e. The molecule has 2 heterocycles. The Labute approximate surface area is 151 Å². The first-order valence-electron chi connectivity index (χ1n) is 9.28. The van der Waals surface area contributed by atoms with Crippen molar-refractivity contribution in [1.82, 2.24) is 4.98 Å². The molecule has 0 radical (unpaired) electrons. The van der Waals surface area contributed by atoms with E-state index in [1.54, 1.807) is 0 Å². The highest BCUT2D eigenvalue weighted by Crippen LogP contribution is 2.45. The van der Waals surface area contributed by atoms with Gasteiger partial charge in [-0.05, 0) is 56.6 Å². The van der Waals surface area contributed by atoms with Crippen molar-refractivity contribution in [1.29, 1.82) is 0 Å². The summed E-state index contributed by atoms with van der Waals surface area (Å²) in [6, 6.07) is 10.5. The van der Waals surface area contributed by atoms with Crippen LogP contribution in [0.1, 0.15) is 52.2 Å². The van der Waals surface area contributed by atoms with Crippen molar-refractivity contribution in [2.24, 2.45) is 5.92 Å². The summed E-state index contributed by atoms with van der Waals surface area (Å²) in [6.07, 6.45) is 6.87. The molecule has 2 aliphatic carbocycles. The lowest BCUT2D eigenvalue weighted by Crippen LogP contribution is -2.09. The number of benzene rings is 1. The van der Waals surface area contributed by atoms with Crippen molar-refractivity contribution in [2.75, 3.05) is 0 Å². The number of Topliss-reactive ketones (excluding diaryl/α,β-unsaturated/α-hetero) is 1. The lowest BCUT2D eigenvalue weighted by Gasteiger charge is -2.16. The van der Waals surface area contributed by atoms with Gasteiger partial charge in [0, 0.05) is 27.3 Å². The monoisotopic (exact) mass is 347 g/mol. The van der Waals surface area contributed by atoms with Gasteiger partial charge in [0.15, 0.2) is 5.78 Å². The van der Waals surface area contributed by atoms with Crippen molar-refractivity contribution in [2.45, 2.75) is 45.4 Å².